The fraction of sp³-hybridized carbons (Fsp3) is 0.294. The van der Waals surface area contributed by atoms with Crippen molar-refractivity contribution in [2.45, 2.75) is 25.9 Å². The highest BCUT2D eigenvalue weighted by Gasteiger charge is 2.21. The molecule has 1 heterocycles. The molecule has 0 radical (unpaired) electrons. The lowest BCUT2D eigenvalue weighted by molar-refractivity contribution is 0.199. The summed E-state index contributed by atoms with van der Waals surface area (Å²) in [5, 5.41) is 9.91. The van der Waals surface area contributed by atoms with Gasteiger partial charge >= 0.3 is 0 Å². The quantitative estimate of drug-likeness (QED) is 0.893. The van der Waals surface area contributed by atoms with Crippen LogP contribution in [0.5, 0.6) is 0 Å². The monoisotopic (exact) mass is 271 g/mol. The van der Waals surface area contributed by atoms with Crippen molar-refractivity contribution in [3.63, 3.8) is 0 Å². The second kappa shape index (κ2) is 5.25. The predicted molar refractivity (Wildman–Crippen MR) is 78.8 cm³/mol. The minimum absolute atomic E-state index is 0.310. The van der Waals surface area contributed by atoms with Gasteiger partial charge in [-0.1, -0.05) is 18.2 Å². The van der Waals surface area contributed by atoms with Crippen molar-refractivity contribution in [2.75, 3.05) is 11.4 Å². The summed E-state index contributed by atoms with van der Waals surface area (Å²) in [6.07, 6.45) is 1.45. The Morgan fingerprint density at radius 1 is 1.15 bits per heavy atom. The highest BCUT2D eigenvalue weighted by Crippen LogP contribution is 2.37. The van der Waals surface area contributed by atoms with Crippen LogP contribution in [0.4, 0.5) is 15.8 Å². The number of aryl methyl sites for hydroxylation is 1. The Morgan fingerprint density at radius 2 is 1.95 bits per heavy atom. The summed E-state index contributed by atoms with van der Waals surface area (Å²) in [6.45, 7) is 2.57. The molecular formula is C17H18FNO. The molecule has 0 bridgehead atoms. The molecule has 1 N–H and O–H groups in total. The van der Waals surface area contributed by atoms with Gasteiger partial charge in [0.05, 0.1) is 6.10 Å². The zero-order valence-electron chi connectivity index (χ0n) is 11.5. The lowest BCUT2D eigenvalue weighted by Crippen LogP contribution is -2.25. The third-order valence-corrected chi connectivity index (χ3v) is 3.84. The molecular weight excluding hydrogens is 253 g/mol. The van der Waals surface area contributed by atoms with Crippen molar-refractivity contribution in [1.82, 2.24) is 0 Å². The first-order valence-corrected chi connectivity index (χ1v) is 7.00. The van der Waals surface area contributed by atoms with Crippen LogP contribution in [0.25, 0.3) is 0 Å². The van der Waals surface area contributed by atoms with Crippen LogP contribution in [0.2, 0.25) is 0 Å². The van der Waals surface area contributed by atoms with Crippen LogP contribution < -0.4 is 4.90 Å². The molecule has 1 aliphatic heterocycles. The summed E-state index contributed by atoms with van der Waals surface area (Å²) in [5.41, 5.74) is 4.00. The van der Waals surface area contributed by atoms with E-state index in [2.05, 4.69) is 17.0 Å². The van der Waals surface area contributed by atoms with E-state index in [-0.39, 0.29) is 5.82 Å². The van der Waals surface area contributed by atoms with E-state index in [1.54, 1.807) is 13.0 Å². The maximum atomic E-state index is 13.4. The molecule has 2 aromatic rings. The molecule has 0 saturated heterocycles. The standard InChI is InChI=1S/C17H18FNO/c1-12(20)15-11-14(18)8-9-17(15)19-10-4-6-13-5-2-3-7-16(13)19/h2-3,5,7-9,11-12,20H,4,6,10H2,1H3. The highest BCUT2D eigenvalue weighted by molar-refractivity contribution is 5.70. The van der Waals surface area contributed by atoms with Crippen molar-refractivity contribution in [3.05, 3.63) is 59.4 Å². The molecule has 1 unspecified atom stereocenters. The molecule has 0 amide bonds. The maximum Gasteiger partial charge on any atom is 0.123 e. The van der Waals surface area contributed by atoms with Gasteiger partial charge in [0.1, 0.15) is 5.82 Å². The summed E-state index contributed by atoms with van der Waals surface area (Å²) in [7, 11) is 0. The zero-order valence-corrected chi connectivity index (χ0v) is 11.5. The molecule has 1 aliphatic rings. The molecule has 0 aliphatic carbocycles. The SMILES string of the molecule is CC(O)c1cc(F)ccc1N1CCCc2ccccc21. The van der Waals surface area contributed by atoms with E-state index in [0.29, 0.717) is 5.56 Å². The van der Waals surface area contributed by atoms with Crippen LogP contribution in [-0.4, -0.2) is 11.7 Å². The highest BCUT2D eigenvalue weighted by atomic mass is 19.1. The van der Waals surface area contributed by atoms with Crippen molar-refractivity contribution in [2.24, 2.45) is 0 Å². The number of hydrogen-bond acceptors (Lipinski definition) is 2. The second-order valence-electron chi connectivity index (χ2n) is 5.26. The van der Waals surface area contributed by atoms with E-state index in [1.165, 1.54) is 17.7 Å². The molecule has 0 fully saturated rings. The van der Waals surface area contributed by atoms with Crippen LogP contribution in [0.15, 0.2) is 42.5 Å². The first kappa shape index (κ1) is 13.1. The lowest BCUT2D eigenvalue weighted by Gasteiger charge is -2.33. The topological polar surface area (TPSA) is 23.5 Å². The molecule has 1 atom stereocenters. The average Bonchev–Trinajstić information content (AvgIpc) is 2.46. The Bertz CT molecular complexity index is 624. The van der Waals surface area contributed by atoms with Gasteiger partial charge in [0.2, 0.25) is 0 Å². The number of fused-ring (bicyclic) bond motifs is 1. The Morgan fingerprint density at radius 3 is 2.75 bits per heavy atom. The number of benzene rings is 2. The minimum Gasteiger partial charge on any atom is -0.389 e. The third-order valence-electron chi connectivity index (χ3n) is 3.84. The minimum atomic E-state index is -0.685. The first-order valence-electron chi connectivity index (χ1n) is 7.00. The van der Waals surface area contributed by atoms with Crippen molar-refractivity contribution in [3.8, 4) is 0 Å². The molecule has 20 heavy (non-hydrogen) atoms. The molecule has 3 heteroatoms. The Kier molecular flexibility index (Phi) is 3.45. The summed E-state index contributed by atoms with van der Waals surface area (Å²) < 4.78 is 13.4. The second-order valence-corrected chi connectivity index (χ2v) is 5.26. The molecule has 2 nitrogen and oxygen atoms in total. The molecule has 2 aromatic carbocycles. The largest absolute Gasteiger partial charge is 0.389 e. The smallest absolute Gasteiger partial charge is 0.123 e. The number of rotatable bonds is 2. The van der Waals surface area contributed by atoms with Crippen molar-refractivity contribution in [1.29, 1.82) is 0 Å². The number of hydrogen-bond donors (Lipinski definition) is 1. The molecule has 0 saturated carbocycles. The number of para-hydroxylation sites is 1. The zero-order chi connectivity index (χ0) is 14.1. The van der Waals surface area contributed by atoms with Gasteiger partial charge in [-0.15, -0.1) is 0 Å². The normalized spacial score (nSPS) is 15.8. The Balaban J connectivity index is 2.11. The van der Waals surface area contributed by atoms with Gasteiger partial charge in [-0.25, -0.2) is 4.39 Å². The van der Waals surface area contributed by atoms with E-state index in [0.717, 1.165) is 30.8 Å². The van der Waals surface area contributed by atoms with Crippen LogP contribution in [0.1, 0.15) is 30.6 Å². The van der Waals surface area contributed by atoms with E-state index < -0.39 is 6.10 Å². The number of aliphatic hydroxyl groups is 1. The molecule has 0 aromatic heterocycles. The van der Waals surface area contributed by atoms with E-state index in [1.807, 2.05) is 12.1 Å². The summed E-state index contributed by atoms with van der Waals surface area (Å²) in [5.74, 6) is -0.310. The van der Waals surface area contributed by atoms with E-state index >= 15 is 0 Å². The van der Waals surface area contributed by atoms with Crippen LogP contribution >= 0.6 is 0 Å². The van der Waals surface area contributed by atoms with Gasteiger partial charge < -0.3 is 10.0 Å². The van der Waals surface area contributed by atoms with Gasteiger partial charge in [0, 0.05) is 23.5 Å². The number of nitrogens with zero attached hydrogens (tertiary/aromatic N) is 1. The van der Waals surface area contributed by atoms with E-state index in [4.69, 9.17) is 0 Å². The Labute approximate surface area is 118 Å². The summed E-state index contributed by atoms with van der Waals surface area (Å²) >= 11 is 0. The number of aliphatic hydroxyl groups excluding tert-OH is 1. The van der Waals surface area contributed by atoms with Gasteiger partial charge in [-0.05, 0) is 49.6 Å². The molecule has 0 spiro atoms. The summed E-state index contributed by atoms with van der Waals surface area (Å²) in [6, 6.07) is 12.9. The van der Waals surface area contributed by atoms with Crippen LogP contribution in [-0.2, 0) is 6.42 Å². The van der Waals surface area contributed by atoms with Crippen LogP contribution in [0.3, 0.4) is 0 Å². The number of anilines is 2. The number of halogens is 1. The Hall–Kier alpha value is -1.87. The van der Waals surface area contributed by atoms with Gasteiger partial charge in [-0.3, -0.25) is 0 Å². The average molecular weight is 271 g/mol. The van der Waals surface area contributed by atoms with Crippen LogP contribution in [0, 0.1) is 5.82 Å². The van der Waals surface area contributed by atoms with Gasteiger partial charge in [0.25, 0.3) is 0 Å². The first-order chi connectivity index (χ1) is 9.66. The van der Waals surface area contributed by atoms with E-state index in [9.17, 15) is 9.50 Å². The lowest BCUT2D eigenvalue weighted by atomic mass is 9.99. The molecule has 3 rings (SSSR count). The fourth-order valence-electron chi connectivity index (χ4n) is 2.89. The summed E-state index contributed by atoms with van der Waals surface area (Å²) in [4.78, 5) is 2.18. The molecule has 104 valence electrons. The predicted octanol–water partition coefficient (Wildman–Crippen LogP) is 3.96. The van der Waals surface area contributed by atoms with Gasteiger partial charge in [-0.2, -0.15) is 0 Å². The maximum absolute atomic E-state index is 13.4. The fourth-order valence-corrected chi connectivity index (χ4v) is 2.89. The van der Waals surface area contributed by atoms with Gasteiger partial charge in [0.15, 0.2) is 0 Å². The van der Waals surface area contributed by atoms with Crippen molar-refractivity contribution < 1.29 is 9.50 Å². The van der Waals surface area contributed by atoms with Crippen molar-refractivity contribution >= 4 is 11.4 Å². The third kappa shape index (κ3) is 2.29.